The van der Waals surface area contributed by atoms with E-state index in [9.17, 15) is 4.79 Å². The van der Waals surface area contributed by atoms with Crippen molar-refractivity contribution in [2.24, 2.45) is 10.4 Å². The molecule has 3 heteroatoms. The third kappa shape index (κ3) is 0.724. The fourth-order valence-corrected chi connectivity index (χ4v) is 3.33. The van der Waals surface area contributed by atoms with Crippen LogP contribution in [0.5, 0.6) is 0 Å². The zero-order valence-electron chi connectivity index (χ0n) is 6.67. The molecule has 0 saturated heterocycles. The predicted octanol–water partition coefficient (Wildman–Crippen LogP) is 1.77. The molecule has 0 aromatic carbocycles. The number of rotatable bonds is 0. The highest BCUT2D eigenvalue weighted by Crippen LogP contribution is 2.59. The second-order valence-electron chi connectivity index (χ2n) is 3.63. The molecule has 3 rings (SSSR count). The molecule has 0 aromatic rings. The molecule has 12 heavy (non-hydrogen) atoms. The van der Waals surface area contributed by atoms with Crippen molar-refractivity contribution in [2.45, 2.75) is 19.3 Å². The Kier molecular flexibility index (Phi) is 1.16. The zero-order chi connectivity index (χ0) is 8.18. The second kappa shape index (κ2) is 2.02. The summed E-state index contributed by atoms with van der Waals surface area (Å²) in [6.45, 7) is 0. The summed E-state index contributed by atoms with van der Waals surface area (Å²) in [5.41, 5.74) is 1.25. The summed E-state index contributed by atoms with van der Waals surface area (Å²) in [6.07, 6.45) is 5.23. The van der Waals surface area contributed by atoms with Gasteiger partial charge in [0.15, 0.2) is 0 Å². The molecule has 1 amide bonds. The van der Waals surface area contributed by atoms with Crippen LogP contribution < -0.4 is 0 Å². The van der Waals surface area contributed by atoms with Crippen LogP contribution in [0.25, 0.3) is 0 Å². The third-order valence-corrected chi connectivity index (χ3v) is 4.15. The number of allylic oxidation sites excluding steroid dienone is 1. The van der Waals surface area contributed by atoms with E-state index in [1.165, 1.54) is 17.7 Å². The third-order valence-electron chi connectivity index (χ3n) is 2.80. The molecule has 0 atom stereocenters. The lowest BCUT2D eigenvalue weighted by Gasteiger charge is -2.15. The first-order valence-electron chi connectivity index (χ1n) is 4.28. The first-order chi connectivity index (χ1) is 5.82. The lowest BCUT2D eigenvalue weighted by molar-refractivity contribution is -0.114. The van der Waals surface area contributed by atoms with Gasteiger partial charge in [-0.05, 0) is 19.3 Å². The summed E-state index contributed by atoms with van der Waals surface area (Å²) in [7, 11) is 0. The number of hydrogen-bond acceptors (Lipinski definition) is 2. The molecule has 0 bridgehead atoms. The van der Waals surface area contributed by atoms with Crippen LogP contribution in [0.15, 0.2) is 15.5 Å². The number of dihydropyridines is 1. The van der Waals surface area contributed by atoms with E-state index in [0.29, 0.717) is 0 Å². The van der Waals surface area contributed by atoms with Crippen molar-refractivity contribution in [3.63, 3.8) is 0 Å². The number of hydrogen-bond donors (Lipinski definition) is 0. The number of thioether (sulfide) groups is 1. The molecular formula is C9H9NOS. The molecular weight excluding hydrogens is 170 g/mol. The standard InChI is InChI=1S/C9H9NOS/c11-8-6-1-4-12-7(6)9(2-3-9)5-10-8/h5H,1-4H2. The van der Waals surface area contributed by atoms with Crippen LogP contribution in [0, 0.1) is 5.41 Å². The summed E-state index contributed by atoms with van der Waals surface area (Å²) in [4.78, 5) is 16.6. The Bertz CT molecular complexity index is 325. The highest BCUT2D eigenvalue weighted by Gasteiger charge is 2.50. The fourth-order valence-electron chi connectivity index (χ4n) is 1.91. The van der Waals surface area contributed by atoms with Crippen LogP contribution in [-0.2, 0) is 4.79 Å². The Morgan fingerprint density at radius 2 is 2.33 bits per heavy atom. The minimum atomic E-state index is 0.0209. The van der Waals surface area contributed by atoms with Crippen molar-refractivity contribution in [2.75, 3.05) is 5.75 Å². The van der Waals surface area contributed by atoms with E-state index in [1.54, 1.807) is 0 Å². The fraction of sp³-hybridized carbons (Fsp3) is 0.556. The summed E-state index contributed by atoms with van der Waals surface area (Å²) in [6, 6.07) is 0. The molecule has 1 spiro atoms. The Morgan fingerprint density at radius 1 is 1.50 bits per heavy atom. The molecule has 0 radical (unpaired) electrons. The maximum Gasteiger partial charge on any atom is 0.273 e. The van der Waals surface area contributed by atoms with E-state index in [4.69, 9.17) is 0 Å². The van der Waals surface area contributed by atoms with Crippen molar-refractivity contribution in [1.82, 2.24) is 0 Å². The van der Waals surface area contributed by atoms with Crippen LogP contribution in [0.1, 0.15) is 19.3 Å². The highest BCUT2D eigenvalue weighted by atomic mass is 32.2. The smallest absolute Gasteiger partial charge is 0.267 e. The van der Waals surface area contributed by atoms with Gasteiger partial charge in [0.25, 0.3) is 5.91 Å². The lowest BCUT2D eigenvalue weighted by atomic mass is 9.99. The SMILES string of the molecule is O=C1N=CC2(CC2)C2=C1CCS2. The van der Waals surface area contributed by atoms with Crippen molar-refractivity contribution in [3.8, 4) is 0 Å². The maximum absolute atomic E-state index is 11.3. The van der Waals surface area contributed by atoms with Crippen LogP contribution >= 0.6 is 11.8 Å². The van der Waals surface area contributed by atoms with Crippen molar-refractivity contribution in [1.29, 1.82) is 0 Å². The number of amides is 1. The molecule has 0 unspecified atom stereocenters. The number of carbonyl (C=O) groups is 1. The maximum atomic E-state index is 11.3. The van der Waals surface area contributed by atoms with Gasteiger partial charge in [0, 0.05) is 27.9 Å². The first kappa shape index (κ1) is 6.89. The summed E-state index contributed by atoms with van der Waals surface area (Å²) in [5.74, 6) is 1.11. The Morgan fingerprint density at radius 3 is 3.08 bits per heavy atom. The molecule has 0 N–H and O–H groups in total. The Balaban J connectivity index is 2.12. The number of nitrogens with zero attached hydrogens (tertiary/aromatic N) is 1. The minimum absolute atomic E-state index is 0.0209. The molecule has 62 valence electrons. The molecule has 2 aliphatic heterocycles. The van der Waals surface area contributed by atoms with E-state index in [0.717, 1.165) is 17.7 Å². The molecule has 2 heterocycles. The van der Waals surface area contributed by atoms with Gasteiger partial charge >= 0.3 is 0 Å². The van der Waals surface area contributed by atoms with Gasteiger partial charge in [-0.2, -0.15) is 0 Å². The van der Waals surface area contributed by atoms with Gasteiger partial charge in [-0.15, -0.1) is 11.8 Å². The summed E-state index contributed by atoms with van der Waals surface area (Å²) in [5, 5.41) is 0. The Hall–Kier alpha value is -0.570. The van der Waals surface area contributed by atoms with E-state index >= 15 is 0 Å². The molecule has 0 aromatic heterocycles. The van der Waals surface area contributed by atoms with Crippen LogP contribution in [0.2, 0.25) is 0 Å². The van der Waals surface area contributed by atoms with Gasteiger partial charge in [0.05, 0.1) is 0 Å². The second-order valence-corrected chi connectivity index (χ2v) is 4.73. The van der Waals surface area contributed by atoms with Gasteiger partial charge < -0.3 is 0 Å². The van der Waals surface area contributed by atoms with E-state index in [1.807, 2.05) is 18.0 Å². The average molecular weight is 179 g/mol. The summed E-state index contributed by atoms with van der Waals surface area (Å²) < 4.78 is 0. The van der Waals surface area contributed by atoms with Gasteiger partial charge in [-0.3, -0.25) is 4.79 Å². The molecule has 1 saturated carbocycles. The van der Waals surface area contributed by atoms with Crippen LogP contribution in [-0.4, -0.2) is 17.9 Å². The molecule has 1 fully saturated rings. The minimum Gasteiger partial charge on any atom is -0.267 e. The van der Waals surface area contributed by atoms with Gasteiger partial charge in [0.1, 0.15) is 0 Å². The molecule has 1 aliphatic carbocycles. The van der Waals surface area contributed by atoms with Gasteiger partial charge in [-0.1, -0.05) is 0 Å². The predicted molar refractivity (Wildman–Crippen MR) is 49.3 cm³/mol. The zero-order valence-corrected chi connectivity index (χ0v) is 7.49. The van der Waals surface area contributed by atoms with Crippen LogP contribution in [0.4, 0.5) is 0 Å². The quantitative estimate of drug-likeness (QED) is 0.567. The molecule has 3 aliphatic rings. The topological polar surface area (TPSA) is 29.4 Å². The van der Waals surface area contributed by atoms with E-state index in [2.05, 4.69) is 4.99 Å². The van der Waals surface area contributed by atoms with Crippen molar-refractivity contribution < 1.29 is 4.79 Å². The Labute approximate surface area is 75.1 Å². The van der Waals surface area contributed by atoms with E-state index < -0.39 is 0 Å². The molecule has 2 nitrogen and oxygen atoms in total. The normalized spacial score (nSPS) is 29.8. The van der Waals surface area contributed by atoms with Crippen molar-refractivity contribution >= 4 is 23.9 Å². The van der Waals surface area contributed by atoms with E-state index in [-0.39, 0.29) is 11.3 Å². The largest absolute Gasteiger partial charge is 0.273 e. The monoisotopic (exact) mass is 179 g/mol. The van der Waals surface area contributed by atoms with Gasteiger partial charge in [0.2, 0.25) is 0 Å². The lowest BCUT2D eigenvalue weighted by Crippen LogP contribution is -2.14. The number of carbonyl (C=O) groups excluding carboxylic acids is 1. The highest BCUT2D eigenvalue weighted by molar-refractivity contribution is 8.03. The van der Waals surface area contributed by atoms with Crippen molar-refractivity contribution in [3.05, 3.63) is 10.5 Å². The van der Waals surface area contributed by atoms with Crippen LogP contribution in [0.3, 0.4) is 0 Å². The first-order valence-corrected chi connectivity index (χ1v) is 5.26. The average Bonchev–Trinajstić information content (AvgIpc) is 2.64. The number of fused-ring (bicyclic) bond motifs is 1. The number of aliphatic imine (C=N–C) groups is 1. The summed E-state index contributed by atoms with van der Waals surface area (Å²) >= 11 is 1.87. The van der Waals surface area contributed by atoms with Gasteiger partial charge in [-0.25, -0.2) is 4.99 Å².